The third-order valence-electron chi connectivity index (χ3n) is 5.14. The molecule has 20 heavy (non-hydrogen) atoms. The largest absolute Gasteiger partial charge is 0.365 e. The third kappa shape index (κ3) is 2.71. The molecule has 0 aromatic heterocycles. The van der Waals surface area contributed by atoms with Gasteiger partial charge in [0.25, 0.3) is 0 Å². The first-order valence-electron chi connectivity index (χ1n) is 8.18. The molecule has 0 amide bonds. The minimum atomic E-state index is 0.141. The zero-order chi connectivity index (χ0) is 14.6. The number of hydrogen-bond donors (Lipinski definition) is 1. The third-order valence-corrected chi connectivity index (χ3v) is 5.14. The Morgan fingerprint density at radius 3 is 2.50 bits per heavy atom. The Labute approximate surface area is 124 Å². The molecule has 0 aliphatic heterocycles. The molecular weight excluding hydrogens is 244 g/mol. The number of nitrogens with two attached hydrogens (primary N) is 1. The topological polar surface area (TPSA) is 29.3 Å². The van der Waals surface area contributed by atoms with E-state index in [-0.39, 0.29) is 5.54 Å². The molecular formula is C18H30N2. The van der Waals surface area contributed by atoms with Crippen molar-refractivity contribution in [2.45, 2.75) is 52.0 Å². The number of hydrogen-bond acceptors (Lipinski definition) is 2. The van der Waals surface area contributed by atoms with Crippen molar-refractivity contribution in [1.82, 2.24) is 0 Å². The Kier molecular flexibility index (Phi) is 5.09. The molecule has 2 heteroatoms. The van der Waals surface area contributed by atoms with Crippen LogP contribution in [0.5, 0.6) is 0 Å². The van der Waals surface area contributed by atoms with Gasteiger partial charge in [-0.15, -0.1) is 0 Å². The van der Waals surface area contributed by atoms with E-state index in [2.05, 4.69) is 56.0 Å². The van der Waals surface area contributed by atoms with Crippen LogP contribution in [0, 0.1) is 11.8 Å². The molecule has 1 aromatic rings. The van der Waals surface area contributed by atoms with E-state index in [9.17, 15) is 0 Å². The van der Waals surface area contributed by atoms with Crippen LogP contribution in [-0.2, 0) is 0 Å². The highest BCUT2D eigenvalue weighted by Crippen LogP contribution is 2.43. The molecule has 1 aliphatic carbocycles. The summed E-state index contributed by atoms with van der Waals surface area (Å²) in [5.41, 5.74) is 7.81. The molecule has 1 fully saturated rings. The van der Waals surface area contributed by atoms with Crippen molar-refractivity contribution < 1.29 is 0 Å². The Morgan fingerprint density at radius 2 is 1.95 bits per heavy atom. The molecule has 2 nitrogen and oxygen atoms in total. The first kappa shape index (κ1) is 15.4. The maximum absolute atomic E-state index is 6.34. The van der Waals surface area contributed by atoms with E-state index < -0.39 is 0 Å². The highest BCUT2D eigenvalue weighted by molar-refractivity contribution is 5.49. The lowest BCUT2D eigenvalue weighted by atomic mass is 9.66. The van der Waals surface area contributed by atoms with Crippen LogP contribution >= 0.6 is 0 Å². The summed E-state index contributed by atoms with van der Waals surface area (Å²) >= 11 is 0. The molecule has 1 saturated carbocycles. The van der Waals surface area contributed by atoms with E-state index in [0.29, 0.717) is 11.8 Å². The van der Waals surface area contributed by atoms with Crippen LogP contribution in [0.1, 0.15) is 46.5 Å². The normalized spacial score (nSPS) is 26.8. The number of para-hydroxylation sites is 1. The number of benzene rings is 1. The first-order valence-corrected chi connectivity index (χ1v) is 8.18. The van der Waals surface area contributed by atoms with E-state index in [0.717, 1.165) is 13.1 Å². The van der Waals surface area contributed by atoms with Crippen LogP contribution in [0.15, 0.2) is 30.3 Å². The van der Waals surface area contributed by atoms with Crippen molar-refractivity contribution in [1.29, 1.82) is 0 Å². The predicted octanol–water partition coefficient (Wildman–Crippen LogP) is 4.06. The van der Waals surface area contributed by atoms with Gasteiger partial charge in [0, 0.05) is 18.8 Å². The monoisotopic (exact) mass is 274 g/mol. The van der Waals surface area contributed by atoms with Gasteiger partial charge < -0.3 is 10.6 Å². The molecule has 2 N–H and O–H groups in total. The second-order valence-corrected chi connectivity index (χ2v) is 6.48. The maximum atomic E-state index is 6.34. The minimum Gasteiger partial charge on any atom is -0.365 e. The van der Waals surface area contributed by atoms with Gasteiger partial charge in [-0.25, -0.2) is 0 Å². The van der Waals surface area contributed by atoms with Crippen molar-refractivity contribution in [3.05, 3.63) is 30.3 Å². The van der Waals surface area contributed by atoms with Crippen LogP contribution < -0.4 is 10.6 Å². The maximum Gasteiger partial charge on any atom is 0.0554 e. The summed E-state index contributed by atoms with van der Waals surface area (Å²) in [6.45, 7) is 8.78. The molecule has 0 heterocycles. The van der Waals surface area contributed by atoms with E-state index in [4.69, 9.17) is 5.73 Å². The van der Waals surface area contributed by atoms with E-state index in [1.165, 1.54) is 31.4 Å². The fourth-order valence-corrected chi connectivity index (χ4v) is 4.26. The fraction of sp³-hybridized carbons (Fsp3) is 0.667. The molecule has 2 atom stereocenters. The van der Waals surface area contributed by atoms with Gasteiger partial charge in [0.2, 0.25) is 0 Å². The molecule has 0 bridgehead atoms. The smallest absolute Gasteiger partial charge is 0.0554 e. The highest BCUT2D eigenvalue weighted by Gasteiger charge is 2.45. The lowest BCUT2D eigenvalue weighted by Crippen LogP contribution is -2.61. The molecule has 112 valence electrons. The molecule has 0 spiro atoms. The van der Waals surface area contributed by atoms with Crippen molar-refractivity contribution in [2.75, 3.05) is 18.0 Å². The van der Waals surface area contributed by atoms with Crippen LogP contribution in [0.4, 0.5) is 5.69 Å². The van der Waals surface area contributed by atoms with Crippen molar-refractivity contribution >= 4 is 5.69 Å². The first-order chi connectivity index (χ1) is 9.65. The van der Waals surface area contributed by atoms with Crippen molar-refractivity contribution in [2.24, 2.45) is 17.6 Å². The summed E-state index contributed by atoms with van der Waals surface area (Å²) in [7, 11) is 0. The average Bonchev–Trinajstić information content (AvgIpc) is 2.49. The summed E-state index contributed by atoms with van der Waals surface area (Å²) in [5, 5.41) is 0. The van der Waals surface area contributed by atoms with E-state index >= 15 is 0 Å². The summed E-state index contributed by atoms with van der Waals surface area (Å²) < 4.78 is 0. The van der Waals surface area contributed by atoms with Gasteiger partial charge in [-0.05, 0) is 43.7 Å². The Morgan fingerprint density at radius 1 is 1.25 bits per heavy atom. The van der Waals surface area contributed by atoms with Crippen LogP contribution in [0.2, 0.25) is 0 Å². The predicted molar refractivity (Wildman–Crippen MR) is 88.0 cm³/mol. The van der Waals surface area contributed by atoms with Gasteiger partial charge in [0.05, 0.1) is 5.54 Å². The zero-order valence-corrected chi connectivity index (χ0v) is 13.3. The summed E-state index contributed by atoms with van der Waals surface area (Å²) in [6.07, 6.45) is 5.22. The number of rotatable bonds is 5. The molecule has 1 aliphatic rings. The average molecular weight is 274 g/mol. The molecule has 2 unspecified atom stereocenters. The number of likely N-dealkylation sites (N-methyl/N-ethyl adjacent to an activating group) is 1. The molecule has 0 saturated heterocycles. The molecule has 1 aromatic carbocycles. The Bertz CT molecular complexity index is 401. The van der Waals surface area contributed by atoms with Gasteiger partial charge >= 0.3 is 0 Å². The van der Waals surface area contributed by atoms with Crippen LogP contribution in [0.3, 0.4) is 0 Å². The van der Waals surface area contributed by atoms with Gasteiger partial charge in [0.1, 0.15) is 0 Å². The van der Waals surface area contributed by atoms with Gasteiger partial charge in [0.15, 0.2) is 0 Å². The Balaban J connectivity index is 2.40. The lowest BCUT2D eigenvalue weighted by molar-refractivity contribution is 0.137. The number of nitrogens with zero attached hydrogens (tertiary/aromatic N) is 1. The van der Waals surface area contributed by atoms with Gasteiger partial charge in [-0.1, -0.05) is 44.9 Å². The van der Waals surface area contributed by atoms with Gasteiger partial charge in [-0.2, -0.15) is 0 Å². The SMILES string of the molecule is CCN(c1ccccc1)C1(CN)CCCCC1C(C)C. The summed E-state index contributed by atoms with van der Waals surface area (Å²) in [5.74, 6) is 1.39. The van der Waals surface area contributed by atoms with Crippen molar-refractivity contribution in [3.8, 4) is 0 Å². The Hall–Kier alpha value is -1.02. The molecule has 2 rings (SSSR count). The lowest BCUT2D eigenvalue weighted by Gasteiger charge is -2.53. The van der Waals surface area contributed by atoms with Crippen LogP contribution in [-0.4, -0.2) is 18.6 Å². The standard InChI is InChI=1S/C18H30N2/c1-4-20(16-10-6-5-7-11-16)18(14-19)13-9-8-12-17(18)15(2)3/h5-7,10-11,15,17H,4,8-9,12-14,19H2,1-3H3. The summed E-state index contributed by atoms with van der Waals surface area (Å²) in [4.78, 5) is 2.58. The molecule has 0 radical (unpaired) electrons. The van der Waals surface area contributed by atoms with Crippen molar-refractivity contribution in [3.63, 3.8) is 0 Å². The minimum absolute atomic E-state index is 0.141. The fourth-order valence-electron chi connectivity index (χ4n) is 4.26. The summed E-state index contributed by atoms with van der Waals surface area (Å²) in [6, 6.07) is 10.8. The second kappa shape index (κ2) is 6.62. The number of anilines is 1. The highest BCUT2D eigenvalue weighted by atomic mass is 15.2. The van der Waals surface area contributed by atoms with E-state index in [1.807, 2.05) is 0 Å². The van der Waals surface area contributed by atoms with Gasteiger partial charge in [-0.3, -0.25) is 0 Å². The quantitative estimate of drug-likeness (QED) is 0.877. The van der Waals surface area contributed by atoms with Crippen LogP contribution in [0.25, 0.3) is 0 Å². The second-order valence-electron chi connectivity index (χ2n) is 6.48. The zero-order valence-electron chi connectivity index (χ0n) is 13.3. The van der Waals surface area contributed by atoms with E-state index in [1.54, 1.807) is 0 Å².